The first-order valence-electron chi connectivity index (χ1n) is 8.18. The molecule has 0 aliphatic carbocycles. The SMILES string of the molecule is CN1C[C@@H]2CC3(CCNC3=O)C[C@H](C1)N2C(=O)OC(C)(C)C. The summed E-state index contributed by atoms with van der Waals surface area (Å²) in [5.74, 6) is 0.177. The standard InChI is InChI=1S/C16H27N3O3/c1-15(2,3)22-14(21)19-11-7-16(5-6-17-13(16)20)8-12(19)10-18(4)9-11/h11-12H,5-10H2,1-4H3,(H,17,20)/t11-,12+,16?. The number of ether oxygens (including phenoxy) is 1. The number of rotatable bonds is 0. The Labute approximate surface area is 132 Å². The number of carbonyl (C=O) groups is 2. The number of carbonyl (C=O) groups excluding carboxylic acids is 2. The van der Waals surface area contributed by atoms with Crippen LogP contribution in [-0.2, 0) is 9.53 Å². The lowest BCUT2D eigenvalue weighted by Gasteiger charge is -2.53. The first kappa shape index (κ1) is 15.6. The van der Waals surface area contributed by atoms with E-state index in [1.807, 2.05) is 25.7 Å². The van der Waals surface area contributed by atoms with E-state index in [4.69, 9.17) is 4.74 Å². The van der Waals surface area contributed by atoms with Crippen LogP contribution in [0.2, 0.25) is 0 Å². The van der Waals surface area contributed by atoms with E-state index in [0.29, 0.717) is 0 Å². The molecule has 3 aliphatic rings. The van der Waals surface area contributed by atoms with E-state index < -0.39 is 5.60 Å². The van der Waals surface area contributed by atoms with Crippen LogP contribution < -0.4 is 5.32 Å². The normalized spacial score (nSPS) is 35.6. The van der Waals surface area contributed by atoms with E-state index in [9.17, 15) is 9.59 Å². The van der Waals surface area contributed by atoms with Crippen LogP contribution in [0.5, 0.6) is 0 Å². The van der Waals surface area contributed by atoms with Crippen LogP contribution in [-0.4, -0.2) is 66.2 Å². The number of likely N-dealkylation sites (tertiary alicyclic amines) is 1. The van der Waals surface area contributed by atoms with E-state index >= 15 is 0 Å². The second kappa shape index (κ2) is 5.11. The number of piperazine rings is 1. The quantitative estimate of drug-likeness (QED) is 0.730. The zero-order valence-corrected chi connectivity index (χ0v) is 14.0. The molecule has 0 aromatic heterocycles. The number of nitrogens with zero attached hydrogens (tertiary/aromatic N) is 2. The topological polar surface area (TPSA) is 61.9 Å². The molecule has 1 N–H and O–H groups in total. The Bertz CT molecular complexity index is 470. The van der Waals surface area contributed by atoms with Crippen molar-refractivity contribution in [1.82, 2.24) is 15.1 Å². The smallest absolute Gasteiger partial charge is 0.410 e. The van der Waals surface area contributed by atoms with Crippen LogP contribution in [0.4, 0.5) is 4.79 Å². The summed E-state index contributed by atoms with van der Waals surface area (Å²) in [4.78, 5) is 29.1. The molecule has 3 fully saturated rings. The van der Waals surface area contributed by atoms with E-state index in [2.05, 4.69) is 17.3 Å². The minimum absolute atomic E-state index is 0.0659. The van der Waals surface area contributed by atoms with Crippen molar-refractivity contribution >= 4 is 12.0 Å². The second-order valence-electron chi connectivity index (χ2n) is 8.11. The third kappa shape index (κ3) is 2.69. The summed E-state index contributed by atoms with van der Waals surface area (Å²) in [6.45, 7) is 8.06. The van der Waals surface area contributed by atoms with Crippen LogP contribution in [0.1, 0.15) is 40.0 Å². The fourth-order valence-corrected chi connectivity index (χ4v) is 4.30. The molecule has 1 spiro atoms. The maximum atomic E-state index is 12.6. The number of amides is 2. The largest absolute Gasteiger partial charge is 0.444 e. The maximum absolute atomic E-state index is 12.6. The highest BCUT2D eigenvalue weighted by Crippen LogP contribution is 2.45. The van der Waals surface area contributed by atoms with Gasteiger partial charge in [-0.25, -0.2) is 4.79 Å². The minimum Gasteiger partial charge on any atom is -0.444 e. The van der Waals surface area contributed by atoms with Crippen molar-refractivity contribution in [2.75, 3.05) is 26.7 Å². The van der Waals surface area contributed by atoms with Gasteiger partial charge in [-0.2, -0.15) is 0 Å². The summed E-state index contributed by atoms with van der Waals surface area (Å²) in [6.07, 6.45) is 2.16. The lowest BCUT2D eigenvalue weighted by Crippen LogP contribution is -2.66. The predicted octanol–water partition coefficient (Wildman–Crippen LogP) is 1.21. The highest BCUT2D eigenvalue weighted by Gasteiger charge is 2.54. The molecule has 3 heterocycles. The summed E-state index contributed by atoms with van der Waals surface area (Å²) in [6, 6.07) is 0.132. The summed E-state index contributed by atoms with van der Waals surface area (Å²) < 4.78 is 5.59. The van der Waals surface area contributed by atoms with Gasteiger partial charge in [0.2, 0.25) is 5.91 Å². The summed E-state index contributed by atoms with van der Waals surface area (Å²) >= 11 is 0. The molecule has 3 rings (SSSR count). The molecular weight excluding hydrogens is 282 g/mol. The van der Waals surface area contributed by atoms with Crippen LogP contribution in [0.3, 0.4) is 0 Å². The van der Waals surface area contributed by atoms with Crippen molar-refractivity contribution in [2.45, 2.75) is 57.7 Å². The molecule has 2 amide bonds. The van der Waals surface area contributed by atoms with E-state index in [0.717, 1.165) is 38.9 Å². The highest BCUT2D eigenvalue weighted by atomic mass is 16.6. The van der Waals surface area contributed by atoms with Crippen molar-refractivity contribution < 1.29 is 14.3 Å². The first-order valence-corrected chi connectivity index (χ1v) is 8.18. The van der Waals surface area contributed by atoms with Gasteiger partial charge in [0.15, 0.2) is 0 Å². The van der Waals surface area contributed by atoms with Gasteiger partial charge in [-0.1, -0.05) is 0 Å². The van der Waals surface area contributed by atoms with Crippen LogP contribution in [0.25, 0.3) is 0 Å². The number of likely N-dealkylation sites (N-methyl/N-ethyl adjacent to an activating group) is 1. The molecule has 6 nitrogen and oxygen atoms in total. The number of nitrogens with one attached hydrogen (secondary N) is 1. The molecule has 3 atom stereocenters. The van der Waals surface area contributed by atoms with Crippen molar-refractivity contribution in [1.29, 1.82) is 0 Å². The molecule has 22 heavy (non-hydrogen) atoms. The average Bonchev–Trinajstić information content (AvgIpc) is 2.66. The Hall–Kier alpha value is -1.30. The van der Waals surface area contributed by atoms with Crippen molar-refractivity contribution in [3.63, 3.8) is 0 Å². The monoisotopic (exact) mass is 309 g/mol. The number of hydrogen-bond donors (Lipinski definition) is 1. The number of fused-ring (bicyclic) bond motifs is 2. The Morgan fingerprint density at radius 2 is 1.86 bits per heavy atom. The summed E-state index contributed by atoms with van der Waals surface area (Å²) in [5.41, 5.74) is -0.758. The lowest BCUT2D eigenvalue weighted by molar-refractivity contribution is -0.136. The Balaban J connectivity index is 1.82. The van der Waals surface area contributed by atoms with Crippen LogP contribution >= 0.6 is 0 Å². The Kier molecular flexibility index (Phi) is 3.62. The summed E-state index contributed by atoms with van der Waals surface area (Å²) in [7, 11) is 2.08. The van der Waals surface area contributed by atoms with Gasteiger partial charge in [0, 0.05) is 31.7 Å². The predicted molar refractivity (Wildman–Crippen MR) is 82.4 cm³/mol. The van der Waals surface area contributed by atoms with Gasteiger partial charge >= 0.3 is 6.09 Å². The zero-order valence-electron chi connectivity index (χ0n) is 14.0. The van der Waals surface area contributed by atoms with E-state index in [1.165, 1.54) is 0 Å². The fraction of sp³-hybridized carbons (Fsp3) is 0.875. The Morgan fingerprint density at radius 1 is 1.27 bits per heavy atom. The van der Waals surface area contributed by atoms with Crippen LogP contribution in [0, 0.1) is 5.41 Å². The highest BCUT2D eigenvalue weighted by molar-refractivity contribution is 5.85. The molecule has 0 aromatic carbocycles. The molecule has 0 aromatic rings. The third-order valence-electron chi connectivity index (χ3n) is 5.06. The van der Waals surface area contributed by atoms with Crippen molar-refractivity contribution in [3.05, 3.63) is 0 Å². The maximum Gasteiger partial charge on any atom is 0.410 e. The Morgan fingerprint density at radius 3 is 2.32 bits per heavy atom. The molecule has 3 saturated heterocycles. The van der Waals surface area contributed by atoms with Gasteiger partial charge < -0.3 is 15.0 Å². The summed E-state index contributed by atoms with van der Waals surface area (Å²) in [5, 5.41) is 2.98. The molecular formula is C16H27N3O3. The molecule has 2 bridgehead atoms. The van der Waals surface area contributed by atoms with Gasteiger partial charge in [0.05, 0.1) is 5.41 Å². The van der Waals surface area contributed by atoms with Crippen LogP contribution in [0.15, 0.2) is 0 Å². The third-order valence-corrected chi connectivity index (χ3v) is 5.06. The molecule has 1 unspecified atom stereocenters. The first-order chi connectivity index (χ1) is 10.2. The minimum atomic E-state index is -0.489. The molecule has 6 heteroatoms. The van der Waals surface area contributed by atoms with Gasteiger partial charge in [-0.15, -0.1) is 0 Å². The molecule has 0 saturated carbocycles. The second-order valence-corrected chi connectivity index (χ2v) is 8.11. The number of hydrogen-bond acceptors (Lipinski definition) is 4. The van der Waals surface area contributed by atoms with Gasteiger partial charge in [0.25, 0.3) is 0 Å². The van der Waals surface area contributed by atoms with Crippen molar-refractivity contribution in [3.8, 4) is 0 Å². The zero-order chi connectivity index (χ0) is 16.1. The molecule has 3 aliphatic heterocycles. The van der Waals surface area contributed by atoms with E-state index in [-0.39, 0.29) is 29.5 Å². The number of piperidine rings is 1. The van der Waals surface area contributed by atoms with Gasteiger partial charge in [-0.05, 0) is 47.1 Å². The molecule has 124 valence electrons. The van der Waals surface area contributed by atoms with Gasteiger partial charge in [0.1, 0.15) is 5.60 Å². The van der Waals surface area contributed by atoms with Gasteiger partial charge in [-0.3, -0.25) is 9.69 Å². The van der Waals surface area contributed by atoms with Crippen molar-refractivity contribution in [2.24, 2.45) is 5.41 Å². The van der Waals surface area contributed by atoms with E-state index in [1.54, 1.807) is 0 Å². The fourth-order valence-electron chi connectivity index (χ4n) is 4.30. The molecule has 0 radical (unpaired) electrons. The lowest BCUT2D eigenvalue weighted by atomic mass is 9.70. The average molecular weight is 309 g/mol.